The molecule has 82 valence electrons. The normalized spacial score (nSPS) is 27.6. The maximum absolute atomic E-state index is 2.35. The zero-order chi connectivity index (χ0) is 10.6. The van der Waals surface area contributed by atoms with E-state index in [0.717, 1.165) is 11.8 Å². The second-order valence-electron chi connectivity index (χ2n) is 4.99. The number of hydrogen-bond donors (Lipinski definition) is 0. The van der Waals surface area contributed by atoms with Crippen molar-refractivity contribution in [2.75, 3.05) is 41.3 Å². The van der Waals surface area contributed by atoms with Crippen LogP contribution in [0.1, 0.15) is 12.8 Å². The summed E-state index contributed by atoms with van der Waals surface area (Å²) in [5.41, 5.74) is 0. The zero-order valence-electron chi connectivity index (χ0n) is 10.0. The fourth-order valence-corrected chi connectivity index (χ4v) is 2.31. The summed E-state index contributed by atoms with van der Waals surface area (Å²) in [6.45, 7) is 2.45. The van der Waals surface area contributed by atoms with Crippen molar-refractivity contribution < 1.29 is 0 Å². The molecule has 0 fully saturated rings. The maximum atomic E-state index is 2.35. The van der Waals surface area contributed by atoms with E-state index in [-0.39, 0.29) is 0 Å². The Morgan fingerprint density at radius 3 is 1.50 bits per heavy atom. The number of allylic oxidation sites excluding steroid dienone is 2. The first-order valence-electron chi connectivity index (χ1n) is 5.54. The molecule has 0 aromatic carbocycles. The third kappa shape index (κ3) is 3.81. The molecule has 0 N–H and O–H groups in total. The highest BCUT2D eigenvalue weighted by molar-refractivity contribution is 4.95. The summed E-state index contributed by atoms with van der Waals surface area (Å²) in [5, 5.41) is 0. The summed E-state index contributed by atoms with van der Waals surface area (Å²) in [5.74, 6) is 1.69. The van der Waals surface area contributed by atoms with Crippen LogP contribution in [0, 0.1) is 11.8 Å². The highest BCUT2D eigenvalue weighted by Gasteiger charge is 2.23. The molecule has 2 nitrogen and oxygen atoms in total. The van der Waals surface area contributed by atoms with Crippen LogP contribution in [0.25, 0.3) is 0 Å². The van der Waals surface area contributed by atoms with Crippen LogP contribution in [0.5, 0.6) is 0 Å². The molecular formula is C12H24N2. The third-order valence-electron chi connectivity index (χ3n) is 2.91. The molecule has 14 heavy (non-hydrogen) atoms. The Hall–Kier alpha value is -0.340. The molecule has 1 aliphatic carbocycles. The average Bonchev–Trinajstić information content (AvgIpc) is 2.06. The lowest BCUT2D eigenvalue weighted by molar-refractivity contribution is 0.197. The number of rotatable bonds is 4. The van der Waals surface area contributed by atoms with E-state index >= 15 is 0 Å². The largest absolute Gasteiger partial charge is 0.309 e. The van der Waals surface area contributed by atoms with Gasteiger partial charge in [0.05, 0.1) is 0 Å². The van der Waals surface area contributed by atoms with Crippen LogP contribution in [-0.4, -0.2) is 51.1 Å². The molecule has 0 aromatic rings. The van der Waals surface area contributed by atoms with Crippen molar-refractivity contribution in [2.24, 2.45) is 11.8 Å². The summed E-state index contributed by atoms with van der Waals surface area (Å²) in [6.07, 6.45) is 7.22. The van der Waals surface area contributed by atoms with Gasteiger partial charge in [0.25, 0.3) is 0 Å². The lowest BCUT2D eigenvalue weighted by Gasteiger charge is -2.32. The van der Waals surface area contributed by atoms with Gasteiger partial charge in [-0.15, -0.1) is 0 Å². The number of hydrogen-bond acceptors (Lipinski definition) is 2. The van der Waals surface area contributed by atoms with Gasteiger partial charge in [0.1, 0.15) is 0 Å². The Kier molecular flexibility index (Phi) is 4.63. The van der Waals surface area contributed by atoms with Gasteiger partial charge in [0.15, 0.2) is 0 Å². The van der Waals surface area contributed by atoms with Gasteiger partial charge in [-0.1, -0.05) is 12.2 Å². The number of nitrogens with zero attached hydrogens (tertiary/aromatic N) is 2. The molecular weight excluding hydrogens is 172 g/mol. The van der Waals surface area contributed by atoms with E-state index in [1.54, 1.807) is 0 Å². The van der Waals surface area contributed by atoms with Gasteiger partial charge < -0.3 is 9.80 Å². The molecule has 0 aliphatic heterocycles. The Morgan fingerprint density at radius 2 is 1.21 bits per heavy atom. The van der Waals surface area contributed by atoms with Crippen LogP contribution < -0.4 is 0 Å². The van der Waals surface area contributed by atoms with Gasteiger partial charge >= 0.3 is 0 Å². The Labute approximate surface area is 88.6 Å². The summed E-state index contributed by atoms with van der Waals surface area (Å²) in [6, 6.07) is 0. The second-order valence-corrected chi connectivity index (χ2v) is 4.99. The van der Waals surface area contributed by atoms with Crippen molar-refractivity contribution in [3.05, 3.63) is 12.2 Å². The first-order chi connectivity index (χ1) is 6.59. The minimum absolute atomic E-state index is 0.845. The van der Waals surface area contributed by atoms with Gasteiger partial charge in [-0.25, -0.2) is 0 Å². The summed E-state index contributed by atoms with van der Waals surface area (Å²) in [4.78, 5) is 4.62. The summed E-state index contributed by atoms with van der Waals surface area (Å²) >= 11 is 0. The van der Waals surface area contributed by atoms with Gasteiger partial charge in [-0.05, 0) is 52.9 Å². The van der Waals surface area contributed by atoms with E-state index in [1.165, 1.54) is 25.9 Å². The smallest absolute Gasteiger partial charge is 0.000976 e. The predicted octanol–water partition coefficient (Wildman–Crippen LogP) is 1.69. The molecule has 0 saturated carbocycles. The van der Waals surface area contributed by atoms with E-state index in [9.17, 15) is 0 Å². The van der Waals surface area contributed by atoms with Gasteiger partial charge in [0, 0.05) is 13.1 Å². The predicted molar refractivity (Wildman–Crippen MR) is 62.5 cm³/mol. The molecule has 2 heteroatoms. The molecule has 1 aliphatic rings. The van der Waals surface area contributed by atoms with E-state index in [0.29, 0.717) is 0 Å². The molecule has 0 unspecified atom stereocenters. The van der Waals surface area contributed by atoms with E-state index < -0.39 is 0 Å². The first-order valence-corrected chi connectivity index (χ1v) is 5.54. The first kappa shape index (κ1) is 11.7. The van der Waals surface area contributed by atoms with Crippen molar-refractivity contribution in [3.8, 4) is 0 Å². The molecule has 0 amide bonds. The standard InChI is InChI=1S/C12H24N2/c1-13(2)9-11-7-5-6-8-12(11)10-14(3)4/h5-6,11-12H,7-10H2,1-4H3/t11-,12+. The van der Waals surface area contributed by atoms with Gasteiger partial charge in [-0.2, -0.15) is 0 Å². The summed E-state index contributed by atoms with van der Waals surface area (Å²) in [7, 11) is 8.69. The van der Waals surface area contributed by atoms with Crippen molar-refractivity contribution in [1.82, 2.24) is 9.80 Å². The van der Waals surface area contributed by atoms with Crippen LogP contribution in [-0.2, 0) is 0 Å². The van der Waals surface area contributed by atoms with Crippen molar-refractivity contribution in [3.63, 3.8) is 0 Å². The van der Waals surface area contributed by atoms with Crippen LogP contribution >= 0.6 is 0 Å². The highest BCUT2D eigenvalue weighted by atomic mass is 15.1. The van der Waals surface area contributed by atoms with E-state index in [4.69, 9.17) is 0 Å². The molecule has 0 saturated heterocycles. The monoisotopic (exact) mass is 196 g/mol. The minimum Gasteiger partial charge on any atom is -0.309 e. The van der Waals surface area contributed by atoms with Gasteiger partial charge in [-0.3, -0.25) is 0 Å². The highest BCUT2D eigenvalue weighted by Crippen LogP contribution is 2.26. The van der Waals surface area contributed by atoms with Crippen molar-refractivity contribution in [2.45, 2.75) is 12.8 Å². The second kappa shape index (κ2) is 5.52. The quantitative estimate of drug-likeness (QED) is 0.631. The Morgan fingerprint density at radius 1 is 0.857 bits per heavy atom. The molecule has 0 spiro atoms. The van der Waals surface area contributed by atoms with E-state index in [2.05, 4.69) is 50.1 Å². The SMILES string of the molecule is CN(C)C[C@H]1CC=CC[C@H]1CN(C)C. The zero-order valence-corrected chi connectivity index (χ0v) is 10.0. The van der Waals surface area contributed by atoms with Crippen molar-refractivity contribution >= 4 is 0 Å². The molecule has 0 aromatic heterocycles. The van der Waals surface area contributed by atoms with Crippen LogP contribution in [0.4, 0.5) is 0 Å². The molecule has 0 radical (unpaired) electrons. The fraction of sp³-hybridized carbons (Fsp3) is 0.833. The topological polar surface area (TPSA) is 6.48 Å². The fourth-order valence-electron chi connectivity index (χ4n) is 2.31. The molecule has 1 rings (SSSR count). The Balaban J connectivity index is 2.47. The molecule has 0 heterocycles. The lowest BCUT2D eigenvalue weighted by Crippen LogP contribution is -2.34. The Bertz CT molecular complexity index is 165. The minimum atomic E-state index is 0.845. The maximum Gasteiger partial charge on any atom is 0.000976 e. The van der Waals surface area contributed by atoms with E-state index in [1.807, 2.05) is 0 Å². The molecule has 2 atom stereocenters. The van der Waals surface area contributed by atoms with Crippen molar-refractivity contribution in [1.29, 1.82) is 0 Å². The third-order valence-corrected chi connectivity index (χ3v) is 2.91. The lowest BCUT2D eigenvalue weighted by atomic mass is 9.82. The van der Waals surface area contributed by atoms with Gasteiger partial charge in [0.2, 0.25) is 0 Å². The average molecular weight is 196 g/mol. The summed E-state index contributed by atoms with van der Waals surface area (Å²) < 4.78 is 0. The molecule has 0 bridgehead atoms. The van der Waals surface area contributed by atoms with Crippen LogP contribution in [0.2, 0.25) is 0 Å². The van der Waals surface area contributed by atoms with Crippen LogP contribution in [0.3, 0.4) is 0 Å². The van der Waals surface area contributed by atoms with Crippen LogP contribution in [0.15, 0.2) is 12.2 Å².